The lowest BCUT2D eigenvalue weighted by Gasteiger charge is -2.26. The highest BCUT2D eigenvalue weighted by molar-refractivity contribution is 6.05. The second kappa shape index (κ2) is 8.88. The molecule has 0 bridgehead atoms. The van der Waals surface area contributed by atoms with Crippen LogP contribution in [-0.4, -0.2) is 90.5 Å². The zero-order chi connectivity index (χ0) is 20.2. The molecule has 7 nitrogen and oxygen atoms in total. The van der Waals surface area contributed by atoms with Crippen molar-refractivity contribution in [2.45, 2.75) is 18.9 Å². The molecule has 2 aliphatic rings. The summed E-state index contributed by atoms with van der Waals surface area (Å²) in [4.78, 5) is 36.3. The zero-order valence-electron chi connectivity index (χ0n) is 16.9. The highest BCUT2D eigenvalue weighted by Gasteiger charge is 2.36. The van der Waals surface area contributed by atoms with E-state index in [1.54, 1.807) is 13.3 Å². The summed E-state index contributed by atoms with van der Waals surface area (Å²) in [5, 5.41) is 1.91. The predicted molar refractivity (Wildman–Crippen MR) is 111 cm³/mol. The fourth-order valence-corrected chi connectivity index (χ4v) is 4.38. The third-order valence-electron chi connectivity index (χ3n) is 5.97. The summed E-state index contributed by atoms with van der Waals surface area (Å²) in [6.07, 6.45) is 3.41. The van der Waals surface area contributed by atoms with Gasteiger partial charge >= 0.3 is 0 Å². The number of amides is 2. The first-order chi connectivity index (χ1) is 14.2. The Balaban J connectivity index is 1.43. The average Bonchev–Trinajstić information content (AvgIpc) is 2.96. The van der Waals surface area contributed by atoms with Crippen LogP contribution in [0.5, 0.6) is 0 Å². The van der Waals surface area contributed by atoms with Crippen molar-refractivity contribution < 1.29 is 14.3 Å². The molecule has 2 aliphatic heterocycles. The summed E-state index contributed by atoms with van der Waals surface area (Å²) in [5.74, 6) is 0.167. The number of fused-ring (bicyclic) bond motifs is 1. The molecule has 0 saturated carbocycles. The molecule has 4 rings (SSSR count). The summed E-state index contributed by atoms with van der Waals surface area (Å²) < 4.78 is 5.11. The Hall–Kier alpha value is -2.51. The number of pyridine rings is 1. The number of hydrogen-bond donors (Lipinski definition) is 0. The summed E-state index contributed by atoms with van der Waals surface area (Å²) in [7, 11) is 1.66. The van der Waals surface area contributed by atoms with Gasteiger partial charge in [0, 0.05) is 58.0 Å². The van der Waals surface area contributed by atoms with Crippen molar-refractivity contribution >= 4 is 22.6 Å². The molecule has 1 atom stereocenters. The molecule has 0 N–H and O–H groups in total. The Bertz CT molecular complexity index is 882. The standard InChI is InChI=1S/C22H28N4O3/c1-29-16-15-26-12-8-19(21(26)27)24-10-4-11-25(14-13-24)22(28)20-18-6-3-2-5-17(18)7-9-23-20/h2-3,5-7,9,19H,4,8,10-16H2,1H3/t19-/m1/s1. The molecule has 2 saturated heterocycles. The van der Waals surface area contributed by atoms with Crippen molar-refractivity contribution in [2.24, 2.45) is 0 Å². The molecule has 7 heteroatoms. The number of likely N-dealkylation sites (tertiary alicyclic amines) is 1. The Morgan fingerprint density at radius 1 is 1.14 bits per heavy atom. The highest BCUT2D eigenvalue weighted by Crippen LogP contribution is 2.21. The Kier molecular flexibility index (Phi) is 6.06. The van der Waals surface area contributed by atoms with Gasteiger partial charge < -0.3 is 14.5 Å². The van der Waals surface area contributed by atoms with E-state index in [1.807, 2.05) is 40.1 Å². The maximum absolute atomic E-state index is 13.2. The lowest BCUT2D eigenvalue weighted by atomic mass is 10.1. The van der Waals surface area contributed by atoms with E-state index >= 15 is 0 Å². The molecule has 0 unspecified atom stereocenters. The number of carbonyl (C=O) groups excluding carboxylic acids is 2. The zero-order valence-corrected chi connectivity index (χ0v) is 16.9. The Morgan fingerprint density at radius 2 is 2.00 bits per heavy atom. The Labute approximate surface area is 171 Å². The number of aromatic nitrogens is 1. The van der Waals surface area contributed by atoms with Gasteiger partial charge in [-0.05, 0) is 24.3 Å². The van der Waals surface area contributed by atoms with Gasteiger partial charge in [-0.25, -0.2) is 0 Å². The fraction of sp³-hybridized carbons (Fsp3) is 0.500. The minimum absolute atomic E-state index is 0.0249. The molecule has 0 aliphatic carbocycles. The third-order valence-corrected chi connectivity index (χ3v) is 5.97. The van der Waals surface area contributed by atoms with E-state index in [0.29, 0.717) is 38.5 Å². The van der Waals surface area contributed by atoms with Crippen LogP contribution in [0, 0.1) is 0 Å². The van der Waals surface area contributed by atoms with Crippen LogP contribution in [-0.2, 0) is 9.53 Å². The molecule has 3 heterocycles. The van der Waals surface area contributed by atoms with Gasteiger partial charge in [-0.2, -0.15) is 0 Å². The van der Waals surface area contributed by atoms with Crippen LogP contribution in [0.3, 0.4) is 0 Å². The van der Waals surface area contributed by atoms with Crippen molar-refractivity contribution in [1.82, 2.24) is 19.7 Å². The number of hydrogen-bond acceptors (Lipinski definition) is 5. The monoisotopic (exact) mass is 396 g/mol. The van der Waals surface area contributed by atoms with Crippen molar-refractivity contribution in [3.05, 3.63) is 42.2 Å². The third kappa shape index (κ3) is 4.11. The fourth-order valence-electron chi connectivity index (χ4n) is 4.38. The maximum Gasteiger partial charge on any atom is 0.273 e. The normalized spacial score (nSPS) is 21.0. The second-order valence-electron chi connectivity index (χ2n) is 7.68. The quantitative estimate of drug-likeness (QED) is 0.769. The highest BCUT2D eigenvalue weighted by atomic mass is 16.5. The van der Waals surface area contributed by atoms with E-state index < -0.39 is 0 Å². The number of benzene rings is 1. The molecule has 2 fully saturated rings. The van der Waals surface area contributed by atoms with Crippen LogP contribution in [0.1, 0.15) is 23.3 Å². The van der Waals surface area contributed by atoms with Crippen molar-refractivity contribution in [1.29, 1.82) is 0 Å². The molecular weight excluding hydrogens is 368 g/mol. The van der Waals surface area contributed by atoms with Crippen LogP contribution in [0.25, 0.3) is 10.8 Å². The maximum atomic E-state index is 13.2. The molecule has 29 heavy (non-hydrogen) atoms. The average molecular weight is 396 g/mol. The van der Waals surface area contributed by atoms with E-state index in [-0.39, 0.29) is 17.9 Å². The number of nitrogens with zero attached hydrogens (tertiary/aromatic N) is 4. The van der Waals surface area contributed by atoms with Gasteiger partial charge in [0.25, 0.3) is 5.91 Å². The van der Waals surface area contributed by atoms with Crippen LogP contribution >= 0.6 is 0 Å². The summed E-state index contributed by atoms with van der Waals surface area (Å²) in [6.45, 7) is 4.86. The van der Waals surface area contributed by atoms with Gasteiger partial charge in [0.2, 0.25) is 5.91 Å². The van der Waals surface area contributed by atoms with E-state index in [1.165, 1.54) is 0 Å². The number of ether oxygens (including phenoxy) is 1. The van der Waals surface area contributed by atoms with Gasteiger partial charge in [-0.1, -0.05) is 24.3 Å². The molecule has 2 amide bonds. The van der Waals surface area contributed by atoms with Gasteiger partial charge in [-0.15, -0.1) is 0 Å². The Morgan fingerprint density at radius 3 is 2.86 bits per heavy atom. The van der Waals surface area contributed by atoms with Crippen LogP contribution in [0.2, 0.25) is 0 Å². The van der Waals surface area contributed by atoms with E-state index in [0.717, 1.165) is 36.7 Å². The van der Waals surface area contributed by atoms with Crippen molar-refractivity contribution in [2.75, 3.05) is 53.0 Å². The first kappa shape index (κ1) is 19.8. The number of methoxy groups -OCH3 is 1. The smallest absolute Gasteiger partial charge is 0.273 e. The lowest BCUT2D eigenvalue weighted by molar-refractivity contribution is -0.132. The van der Waals surface area contributed by atoms with E-state index in [9.17, 15) is 9.59 Å². The molecule has 154 valence electrons. The SMILES string of the molecule is COCCN1CC[C@@H](N2CCCN(C(=O)c3nccc4ccccc34)CC2)C1=O. The lowest BCUT2D eigenvalue weighted by Crippen LogP contribution is -2.44. The van der Waals surface area contributed by atoms with Crippen molar-refractivity contribution in [3.63, 3.8) is 0 Å². The van der Waals surface area contributed by atoms with Gasteiger partial charge in [0.15, 0.2) is 0 Å². The van der Waals surface area contributed by atoms with Crippen molar-refractivity contribution in [3.8, 4) is 0 Å². The number of carbonyl (C=O) groups is 2. The van der Waals surface area contributed by atoms with Crippen LogP contribution < -0.4 is 0 Å². The van der Waals surface area contributed by atoms with Crippen LogP contribution in [0.15, 0.2) is 36.5 Å². The topological polar surface area (TPSA) is 66.0 Å². The van der Waals surface area contributed by atoms with Gasteiger partial charge in [0.05, 0.1) is 12.6 Å². The first-order valence-electron chi connectivity index (χ1n) is 10.3. The van der Waals surface area contributed by atoms with E-state index in [2.05, 4.69) is 9.88 Å². The van der Waals surface area contributed by atoms with Gasteiger partial charge in [0.1, 0.15) is 5.69 Å². The molecule has 1 aromatic heterocycles. The van der Waals surface area contributed by atoms with Crippen LogP contribution in [0.4, 0.5) is 0 Å². The first-order valence-corrected chi connectivity index (χ1v) is 10.3. The largest absolute Gasteiger partial charge is 0.383 e. The summed E-state index contributed by atoms with van der Waals surface area (Å²) in [5.41, 5.74) is 0.513. The molecular formula is C22H28N4O3. The summed E-state index contributed by atoms with van der Waals surface area (Å²) >= 11 is 0. The molecule has 0 radical (unpaired) electrons. The second-order valence-corrected chi connectivity index (χ2v) is 7.68. The molecule has 1 aromatic carbocycles. The minimum atomic E-state index is -0.0717. The summed E-state index contributed by atoms with van der Waals surface area (Å²) in [6, 6.07) is 9.71. The number of rotatable bonds is 5. The minimum Gasteiger partial charge on any atom is -0.383 e. The molecule has 0 spiro atoms. The van der Waals surface area contributed by atoms with E-state index in [4.69, 9.17) is 4.74 Å². The molecule has 2 aromatic rings. The predicted octanol–water partition coefficient (Wildman–Crippen LogP) is 1.63. The van der Waals surface area contributed by atoms with Gasteiger partial charge in [-0.3, -0.25) is 19.5 Å².